The topological polar surface area (TPSA) is 122 Å². The lowest BCUT2D eigenvalue weighted by atomic mass is 9.79. The highest BCUT2D eigenvalue weighted by molar-refractivity contribution is 6.59. The Bertz CT molecular complexity index is 936. The van der Waals surface area contributed by atoms with Crippen molar-refractivity contribution in [3.8, 4) is 0 Å². The second-order valence-corrected chi connectivity index (χ2v) is 6.90. The molecule has 8 nitrogen and oxygen atoms in total. The first kappa shape index (κ1) is 25.4. The number of benzene rings is 2. The lowest BCUT2D eigenvalue weighted by molar-refractivity contribution is 0.0809. The van der Waals surface area contributed by atoms with Gasteiger partial charge in [0.1, 0.15) is 0 Å². The van der Waals surface area contributed by atoms with Crippen molar-refractivity contribution in [3.05, 3.63) is 58.7 Å². The first-order valence-corrected chi connectivity index (χ1v) is 8.68. The van der Waals surface area contributed by atoms with Gasteiger partial charge in [0.25, 0.3) is 11.8 Å². The Kier molecular flexibility index (Phi) is 8.38. The summed E-state index contributed by atoms with van der Waals surface area (Å²) in [5.41, 5.74) is 3.78. The molecule has 30 heavy (non-hydrogen) atoms. The van der Waals surface area contributed by atoms with Gasteiger partial charge < -0.3 is 29.9 Å². The predicted octanol–water partition coefficient (Wildman–Crippen LogP) is -0.824. The molecule has 0 fully saturated rings. The summed E-state index contributed by atoms with van der Waals surface area (Å²) in [6.45, 7) is 1.13. The molecule has 0 radical (unpaired) electrons. The zero-order valence-corrected chi connectivity index (χ0v) is 15.5. The average molecular weight is 414 g/mol. The number of carbonyl (C=O) groups excluding carboxylic acids is 2. The summed E-state index contributed by atoms with van der Waals surface area (Å²) < 4.78 is 0. The molecule has 2 amide bonds. The van der Waals surface area contributed by atoms with E-state index in [9.17, 15) is 9.59 Å². The molecule has 10 heteroatoms. The molecule has 0 aromatic heterocycles. The van der Waals surface area contributed by atoms with Gasteiger partial charge in [0.15, 0.2) is 0 Å². The highest BCUT2D eigenvalue weighted by Crippen LogP contribution is 2.20. The number of nitrogens with zero attached hydrogens (tertiary/aromatic N) is 2. The van der Waals surface area contributed by atoms with E-state index in [1.807, 2.05) is 0 Å². The Morgan fingerprint density at radius 3 is 1.73 bits per heavy atom. The number of rotatable bonds is 2. The fourth-order valence-electron chi connectivity index (χ4n) is 3.27. The molecule has 0 saturated carbocycles. The van der Waals surface area contributed by atoms with Crippen molar-refractivity contribution >= 4 is 37.0 Å². The zero-order chi connectivity index (χ0) is 20.6. The van der Waals surface area contributed by atoms with Crippen molar-refractivity contribution in [1.82, 2.24) is 9.80 Å². The van der Waals surface area contributed by atoms with Crippen LogP contribution in [0, 0.1) is 0 Å². The van der Waals surface area contributed by atoms with Gasteiger partial charge >= 0.3 is 14.2 Å². The SMILES string of the molecule is C.C.CN1Cc2cc(B(O)O)ccc2C1=O.CN1Cc2ccc(B(O)O)cc2C1=O. The second-order valence-electron chi connectivity index (χ2n) is 6.90. The number of hydrogen-bond acceptors (Lipinski definition) is 6. The Morgan fingerprint density at radius 2 is 1.17 bits per heavy atom. The zero-order valence-electron chi connectivity index (χ0n) is 15.5. The molecule has 0 unspecified atom stereocenters. The smallest absolute Gasteiger partial charge is 0.423 e. The van der Waals surface area contributed by atoms with Crippen LogP contribution < -0.4 is 10.9 Å². The molecular formula is C20H28B2N2O6. The van der Waals surface area contributed by atoms with Crippen molar-refractivity contribution in [2.45, 2.75) is 27.9 Å². The maximum absolute atomic E-state index is 11.5. The highest BCUT2D eigenvalue weighted by Gasteiger charge is 2.26. The Labute approximate surface area is 177 Å². The maximum Gasteiger partial charge on any atom is 0.488 e. The Morgan fingerprint density at radius 1 is 0.700 bits per heavy atom. The molecular weight excluding hydrogens is 386 g/mol. The normalized spacial score (nSPS) is 13.5. The average Bonchev–Trinajstić information content (AvgIpc) is 3.10. The van der Waals surface area contributed by atoms with E-state index < -0.39 is 14.2 Å². The predicted molar refractivity (Wildman–Crippen MR) is 118 cm³/mol. The fraction of sp³-hybridized carbons (Fsp3) is 0.300. The summed E-state index contributed by atoms with van der Waals surface area (Å²) in [6, 6.07) is 9.76. The van der Waals surface area contributed by atoms with Gasteiger partial charge in [-0.25, -0.2) is 0 Å². The summed E-state index contributed by atoms with van der Waals surface area (Å²) >= 11 is 0. The number of hydrogen-bond donors (Lipinski definition) is 4. The minimum absolute atomic E-state index is 0. The van der Waals surface area contributed by atoms with E-state index in [1.54, 1.807) is 54.2 Å². The molecule has 2 aliphatic heterocycles. The largest absolute Gasteiger partial charge is 0.488 e. The minimum Gasteiger partial charge on any atom is -0.423 e. The van der Waals surface area contributed by atoms with E-state index in [0.29, 0.717) is 35.1 Å². The first-order chi connectivity index (χ1) is 13.2. The Hall–Kier alpha value is -2.65. The minimum atomic E-state index is -1.51. The van der Waals surface area contributed by atoms with Gasteiger partial charge in [0.2, 0.25) is 0 Å². The molecule has 0 saturated heterocycles. The van der Waals surface area contributed by atoms with Crippen LogP contribution in [0.5, 0.6) is 0 Å². The van der Waals surface area contributed by atoms with Crippen LogP contribution in [0.4, 0.5) is 0 Å². The second kappa shape index (κ2) is 9.90. The fourth-order valence-corrected chi connectivity index (χ4v) is 3.27. The Balaban J connectivity index is 0.000000281. The van der Waals surface area contributed by atoms with Crippen molar-refractivity contribution < 1.29 is 29.7 Å². The third-order valence-corrected chi connectivity index (χ3v) is 4.83. The van der Waals surface area contributed by atoms with Gasteiger partial charge in [-0.1, -0.05) is 39.1 Å². The van der Waals surface area contributed by atoms with Crippen LogP contribution in [0.2, 0.25) is 0 Å². The number of amides is 2. The monoisotopic (exact) mass is 414 g/mol. The molecule has 0 bridgehead atoms. The molecule has 2 aromatic carbocycles. The van der Waals surface area contributed by atoms with Gasteiger partial charge in [0, 0.05) is 38.3 Å². The van der Waals surface area contributed by atoms with E-state index >= 15 is 0 Å². The summed E-state index contributed by atoms with van der Waals surface area (Å²) in [5.74, 6) is -0.0820. The highest BCUT2D eigenvalue weighted by atomic mass is 16.4. The van der Waals surface area contributed by atoms with Crippen molar-refractivity contribution in [1.29, 1.82) is 0 Å². The van der Waals surface area contributed by atoms with Gasteiger partial charge in [-0.15, -0.1) is 0 Å². The van der Waals surface area contributed by atoms with Crippen molar-refractivity contribution in [3.63, 3.8) is 0 Å². The van der Waals surface area contributed by atoms with E-state index in [2.05, 4.69) is 0 Å². The first-order valence-electron chi connectivity index (χ1n) is 8.68. The third-order valence-electron chi connectivity index (χ3n) is 4.83. The van der Waals surface area contributed by atoms with Crippen molar-refractivity contribution in [2.24, 2.45) is 0 Å². The lowest BCUT2D eigenvalue weighted by Gasteiger charge is -2.04. The summed E-state index contributed by atoms with van der Waals surface area (Å²) in [4.78, 5) is 26.2. The van der Waals surface area contributed by atoms with E-state index in [0.717, 1.165) is 11.1 Å². The summed E-state index contributed by atoms with van der Waals surface area (Å²) in [7, 11) is 0.453. The maximum atomic E-state index is 11.5. The molecule has 0 atom stereocenters. The van der Waals surface area contributed by atoms with Crippen LogP contribution in [-0.4, -0.2) is 70.0 Å². The van der Waals surface area contributed by atoms with Gasteiger partial charge in [-0.3, -0.25) is 9.59 Å². The van der Waals surface area contributed by atoms with Gasteiger partial charge in [0.05, 0.1) is 0 Å². The molecule has 160 valence electrons. The number of fused-ring (bicyclic) bond motifs is 2. The van der Waals surface area contributed by atoms with E-state index in [4.69, 9.17) is 20.1 Å². The van der Waals surface area contributed by atoms with Crippen LogP contribution in [0.25, 0.3) is 0 Å². The molecule has 4 N–H and O–H groups in total. The van der Waals surface area contributed by atoms with Crippen LogP contribution in [0.1, 0.15) is 46.7 Å². The van der Waals surface area contributed by atoms with Gasteiger partial charge in [-0.2, -0.15) is 0 Å². The van der Waals surface area contributed by atoms with E-state index in [-0.39, 0.29) is 26.7 Å². The van der Waals surface area contributed by atoms with Crippen molar-refractivity contribution in [2.75, 3.05) is 14.1 Å². The number of carbonyl (C=O) groups is 2. The molecule has 0 spiro atoms. The summed E-state index contributed by atoms with van der Waals surface area (Å²) in [6.07, 6.45) is 0. The van der Waals surface area contributed by atoms with Crippen LogP contribution in [-0.2, 0) is 13.1 Å². The van der Waals surface area contributed by atoms with Crippen LogP contribution in [0.3, 0.4) is 0 Å². The van der Waals surface area contributed by atoms with E-state index in [1.165, 1.54) is 6.07 Å². The third kappa shape index (κ3) is 4.91. The van der Waals surface area contributed by atoms with Crippen LogP contribution >= 0.6 is 0 Å². The summed E-state index contributed by atoms with van der Waals surface area (Å²) in [5, 5.41) is 35.8. The molecule has 4 rings (SSSR count). The molecule has 2 heterocycles. The van der Waals surface area contributed by atoms with Crippen LogP contribution in [0.15, 0.2) is 36.4 Å². The molecule has 2 aromatic rings. The quantitative estimate of drug-likeness (QED) is 0.477. The molecule has 0 aliphatic carbocycles. The van der Waals surface area contributed by atoms with Gasteiger partial charge in [-0.05, 0) is 34.2 Å². The lowest BCUT2D eigenvalue weighted by Crippen LogP contribution is -2.30. The standard InChI is InChI=1S/2C9H10BNO3.2CH4/c1-11-5-6-4-7(10(13)14)2-3-8(6)9(11)12;1-11-5-6-2-3-7(10(13)14)4-8(6)9(11)12;;/h2*2-4,13-14H,5H2,1H3;2*1H4. The molecule has 2 aliphatic rings.